The topological polar surface area (TPSA) is 83.3 Å². The van der Waals surface area contributed by atoms with Crippen LogP contribution in [0.1, 0.15) is 37.9 Å². The number of anilines is 2. The van der Waals surface area contributed by atoms with Gasteiger partial charge in [-0.15, -0.1) is 10.2 Å². The van der Waals surface area contributed by atoms with Gasteiger partial charge < -0.3 is 15.5 Å². The number of hydrogen-bond acceptors (Lipinski definition) is 7. The van der Waals surface area contributed by atoms with Gasteiger partial charge in [0.25, 0.3) is 0 Å². The number of nitrogens with one attached hydrogen (secondary N) is 2. The van der Waals surface area contributed by atoms with Crippen LogP contribution >= 0.6 is 0 Å². The highest BCUT2D eigenvalue weighted by Crippen LogP contribution is 2.39. The molecule has 2 aromatic carbocycles. The first-order valence-corrected chi connectivity index (χ1v) is 13.9. The Morgan fingerprint density at radius 2 is 1.71 bits per heavy atom. The fraction of sp³-hybridized carbons (Fsp3) is 0.290. The Morgan fingerprint density at radius 1 is 0.952 bits per heavy atom. The van der Waals surface area contributed by atoms with Gasteiger partial charge in [-0.05, 0) is 56.2 Å². The lowest BCUT2D eigenvalue weighted by atomic mass is 9.98. The predicted molar refractivity (Wildman–Crippen MR) is 157 cm³/mol. The molecule has 1 aliphatic rings. The van der Waals surface area contributed by atoms with Crippen molar-refractivity contribution in [3.63, 3.8) is 0 Å². The number of piperazine rings is 1. The maximum Gasteiger partial charge on any atom is 0.416 e. The third-order valence-corrected chi connectivity index (χ3v) is 7.45. The molecule has 1 aliphatic heterocycles. The normalized spacial score (nSPS) is 18.3. The number of rotatable bonds is 6. The molecule has 0 saturated carbocycles. The van der Waals surface area contributed by atoms with E-state index in [9.17, 15) is 13.2 Å². The van der Waals surface area contributed by atoms with Gasteiger partial charge in [-0.3, -0.25) is 4.40 Å². The summed E-state index contributed by atoms with van der Waals surface area (Å²) >= 11 is 0. The van der Waals surface area contributed by atoms with E-state index in [1.54, 1.807) is 23.0 Å². The highest BCUT2D eigenvalue weighted by molar-refractivity contribution is 5.91. The third kappa shape index (κ3) is 5.52. The molecular weight excluding hydrogens is 541 g/mol. The number of fused-ring (bicyclic) bond motifs is 1. The summed E-state index contributed by atoms with van der Waals surface area (Å²) in [5.74, 6) is 1.25. The molecule has 0 radical (unpaired) electrons. The number of benzene rings is 2. The first-order chi connectivity index (χ1) is 20.2. The maximum atomic E-state index is 13.8. The minimum atomic E-state index is -4.50. The molecule has 0 bridgehead atoms. The standard InChI is InChI=1S/C31H31F3N8/c1-19-16-41(17-20(2)37-19)30-39-28(24-12-13-35-26(15-24)38-21(3)22-8-5-4-6-9-22)27(29-40-36-18-42(29)30)23-10-7-11-25(14-23)31(32,33)34/h4-15,18-21,37H,16-17H2,1-3H3,(H,35,38)/t19?,20?,21-/m0/s1. The average molecular weight is 573 g/mol. The van der Waals surface area contributed by atoms with E-state index in [2.05, 4.69) is 44.6 Å². The number of halogens is 3. The van der Waals surface area contributed by atoms with Crippen LogP contribution in [0.2, 0.25) is 0 Å². The molecule has 8 nitrogen and oxygen atoms in total. The number of alkyl halides is 3. The van der Waals surface area contributed by atoms with Crippen LogP contribution in [0.5, 0.6) is 0 Å². The molecule has 2 unspecified atom stereocenters. The zero-order chi connectivity index (χ0) is 29.4. The number of aromatic nitrogens is 5. The smallest absolute Gasteiger partial charge is 0.364 e. The number of pyridine rings is 1. The van der Waals surface area contributed by atoms with E-state index in [-0.39, 0.29) is 18.1 Å². The van der Waals surface area contributed by atoms with Gasteiger partial charge in [-0.25, -0.2) is 9.97 Å². The van der Waals surface area contributed by atoms with Gasteiger partial charge in [0.1, 0.15) is 12.1 Å². The second-order valence-corrected chi connectivity index (χ2v) is 10.8. The zero-order valence-corrected chi connectivity index (χ0v) is 23.5. The van der Waals surface area contributed by atoms with Gasteiger partial charge in [0.2, 0.25) is 5.95 Å². The van der Waals surface area contributed by atoms with E-state index >= 15 is 0 Å². The first-order valence-electron chi connectivity index (χ1n) is 13.9. The van der Waals surface area contributed by atoms with E-state index in [4.69, 9.17) is 4.98 Å². The van der Waals surface area contributed by atoms with Gasteiger partial charge in [0.05, 0.1) is 16.8 Å². The molecule has 3 aromatic heterocycles. The molecule has 1 fully saturated rings. The highest BCUT2D eigenvalue weighted by Gasteiger charge is 2.32. The van der Waals surface area contributed by atoms with Crippen LogP contribution in [0.25, 0.3) is 28.0 Å². The Morgan fingerprint density at radius 3 is 2.45 bits per heavy atom. The van der Waals surface area contributed by atoms with Gasteiger partial charge in [-0.1, -0.05) is 42.5 Å². The highest BCUT2D eigenvalue weighted by atomic mass is 19.4. The van der Waals surface area contributed by atoms with E-state index < -0.39 is 11.7 Å². The van der Waals surface area contributed by atoms with Crippen molar-refractivity contribution in [3.8, 4) is 22.4 Å². The summed E-state index contributed by atoms with van der Waals surface area (Å²) in [6, 6.07) is 19.4. The van der Waals surface area contributed by atoms with Crippen LogP contribution in [0.3, 0.4) is 0 Å². The van der Waals surface area contributed by atoms with Crippen LogP contribution in [-0.2, 0) is 6.18 Å². The van der Waals surface area contributed by atoms with Crippen molar-refractivity contribution in [2.24, 2.45) is 0 Å². The molecule has 6 rings (SSSR count). The molecule has 4 heterocycles. The third-order valence-electron chi connectivity index (χ3n) is 7.45. The first kappa shape index (κ1) is 27.6. The summed E-state index contributed by atoms with van der Waals surface area (Å²) in [6.07, 6.45) is -1.26. The van der Waals surface area contributed by atoms with Gasteiger partial charge >= 0.3 is 6.18 Å². The summed E-state index contributed by atoms with van der Waals surface area (Å²) < 4.78 is 43.1. The quantitative estimate of drug-likeness (QED) is 0.250. The van der Waals surface area contributed by atoms with Crippen LogP contribution < -0.4 is 15.5 Å². The molecule has 0 aliphatic carbocycles. The van der Waals surface area contributed by atoms with E-state index in [0.29, 0.717) is 52.9 Å². The Kier molecular flexibility index (Phi) is 7.28. The number of hydrogen-bond donors (Lipinski definition) is 2. The molecule has 5 aromatic rings. The molecule has 216 valence electrons. The van der Waals surface area contributed by atoms with Gasteiger partial charge in [-0.2, -0.15) is 13.2 Å². The van der Waals surface area contributed by atoms with Gasteiger partial charge in [0, 0.05) is 43.0 Å². The van der Waals surface area contributed by atoms with Crippen LogP contribution in [-0.4, -0.2) is 49.7 Å². The van der Waals surface area contributed by atoms with E-state index in [0.717, 1.165) is 17.7 Å². The molecule has 42 heavy (non-hydrogen) atoms. The Hall–Kier alpha value is -4.51. The molecule has 1 saturated heterocycles. The second kappa shape index (κ2) is 11.1. The summed E-state index contributed by atoms with van der Waals surface area (Å²) in [6.45, 7) is 7.66. The lowest BCUT2D eigenvalue weighted by molar-refractivity contribution is -0.137. The van der Waals surface area contributed by atoms with Crippen LogP contribution in [0.4, 0.5) is 24.9 Å². The van der Waals surface area contributed by atoms with Crippen molar-refractivity contribution in [1.82, 2.24) is 29.9 Å². The summed E-state index contributed by atoms with van der Waals surface area (Å²) in [4.78, 5) is 11.8. The average Bonchev–Trinajstić information content (AvgIpc) is 3.46. The SMILES string of the molecule is CC1CN(c2nc(-c3ccnc(N[C@@H](C)c4ccccc4)c3)c(-c3cccc(C(F)(F)F)c3)c3nncn23)CC(C)N1. The lowest BCUT2D eigenvalue weighted by Crippen LogP contribution is -2.55. The number of nitrogens with zero attached hydrogens (tertiary/aromatic N) is 6. The lowest BCUT2D eigenvalue weighted by Gasteiger charge is -2.37. The van der Waals surface area contributed by atoms with E-state index in [1.165, 1.54) is 6.07 Å². The fourth-order valence-corrected chi connectivity index (χ4v) is 5.61. The molecular formula is C31H31F3N8. The molecule has 3 atom stereocenters. The molecule has 11 heteroatoms. The second-order valence-electron chi connectivity index (χ2n) is 10.8. The van der Waals surface area contributed by atoms with Crippen LogP contribution in [0, 0.1) is 0 Å². The summed E-state index contributed by atoms with van der Waals surface area (Å²) in [7, 11) is 0. The Balaban J connectivity index is 1.52. The Labute approximate surface area is 241 Å². The van der Waals surface area contributed by atoms with Crippen molar-refractivity contribution in [3.05, 3.63) is 90.4 Å². The summed E-state index contributed by atoms with van der Waals surface area (Å²) in [5, 5.41) is 15.5. The molecule has 2 N–H and O–H groups in total. The summed E-state index contributed by atoms with van der Waals surface area (Å²) in [5.41, 5.74) is 2.80. The molecule has 0 spiro atoms. The maximum absolute atomic E-state index is 13.8. The zero-order valence-electron chi connectivity index (χ0n) is 23.5. The predicted octanol–water partition coefficient (Wildman–Crippen LogP) is 6.23. The van der Waals surface area contributed by atoms with Crippen molar-refractivity contribution < 1.29 is 13.2 Å². The van der Waals surface area contributed by atoms with Crippen molar-refractivity contribution in [1.29, 1.82) is 0 Å². The Bertz CT molecular complexity index is 1690. The van der Waals surface area contributed by atoms with Crippen molar-refractivity contribution in [2.75, 3.05) is 23.3 Å². The van der Waals surface area contributed by atoms with E-state index in [1.807, 2.05) is 49.4 Å². The minimum Gasteiger partial charge on any atom is -0.364 e. The minimum absolute atomic E-state index is 0.0248. The van der Waals surface area contributed by atoms with Crippen molar-refractivity contribution in [2.45, 2.75) is 45.1 Å². The fourth-order valence-electron chi connectivity index (χ4n) is 5.61. The largest absolute Gasteiger partial charge is 0.416 e. The van der Waals surface area contributed by atoms with Crippen LogP contribution in [0.15, 0.2) is 79.3 Å². The molecule has 0 amide bonds. The monoisotopic (exact) mass is 572 g/mol. The van der Waals surface area contributed by atoms with Crippen molar-refractivity contribution >= 4 is 17.4 Å². The van der Waals surface area contributed by atoms with Gasteiger partial charge in [0.15, 0.2) is 5.65 Å².